The average Bonchev–Trinajstić information content (AvgIpc) is 2.91. The van der Waals surface area contributed by atoms with Crippen molar-refractivity contribution in [3.63, 3.8) is 0 Å². The first kappa shape index (κ1) is 18.1. The topological polar surface area (TPSA) is 67.4 Å². The van der Waals surface area contributed by atoms with Crippen molar-refractivity contribution < 1.29 is 9.53 Å². The molecule has 0 bridgehead atoms. The molecule has 1 fully saturated rings. The second-order valence-electron chi connectivity index (χ2n) is 6.41. The number of thioether (sulfide) groups is 1. The summed E-state index contributed by atoms with van der Waals surface area (Å²) in [5.41, 5.74) is -0.481. The molecule has 1 aromatic rings. The number of aromatic nitrogens is 2. The van der Waals surface area contributed by atoms with Crippen molar-refractivity contribution in [2.75, 3.05) is 24.7 Å². The molecular weight excluding hydrogens is 336 g/mol. The van der Waals surface area contributed by atoms with Crippen LogP contribution in [0.15, 0.2) is 11.2 Å². The Labute approximate surface area is 146 Å². The van der Waals surface area contributed by atoms with Crippen molar-refractivity contribution >= 4 is 35.3 Å². The molecule has 0 saturated carbocycles. The molecule has 0 spiro atoms. The minimum Gasteiger partial charge on any atom is -0.444 e. The van der Waals surface area contributed by atoms with Gasteiger partial charge in [-0.3, -0.25) is 0 Å². The molecular formula is C15H23ClN4O2S. The van der Waals surface area contributed by atoms with Crippen LogP contribution in [-0.2, 0) is 4.74 Å². The Morgan fingerprint density at radius 3 is 2.91 bits per heavy atom. The zero-order chi connectivity index (χ0) is 17.0. The highest BCUT2D eigenvalue weighted by molar-refractivity contribution is 7.98. The SMILES string of the molecule is CSc1nc(Cl)cc(NC[C@@H]2CCCN2C(=O)OC(C)(C)C)n1. The fourth-order valence-corrected chi connectivity index (χ4v) is 3.02. The number of hydrogen-bond donors (Lipinski definition) is 1. The van der Waals surface area contributed by atoms with Crippen LogP contribution < -0.4 is 5.32 Å². The van der Waals surface area contributed by atoms with Crippen LogP contribution in [0.4, 0.5) is 10.6 Å². The van der Waals surface area contributed by atoms with Gasteiger partial charge in [0.2, 0.25) is 0 Å². The second-order valence-corrected chi connectivity index (χ2v) is 7.57. The maximum atomic E-state index is 12.3. The number of carbonyl (C=O) groups is 1. The summed E-state index contributed by atoms with van der Waals surface area (Å²) in [6.45, 7) is 6.96. The van der Waals surface area contributed by atoms with Gasteiger partial charge in [0, 0.05) is 19.2 Å². The quantitative estimate of drug-likeness (QED) is 0.503. The van der Waals surface area contributed by atoms with Gasteiger partial charge in [-0.25, -0.2) is 14.8 Å². The fourth-order valence-electron chi connectivity index (χ4n) is 2.41. The van der Waals surface area contributed by atoms with Crippen LogP contribution in [0.25, 0.3) is 0 Å². The van der Waals surface area contributed by atoms with Gasteiger partial charge in [-0.2, -0.15) is 0 Å². The first-order valence-corrected chi connectivity index (χ1v) is 9.21. The second kappa shape index (κ2) is 7.57. The number of anilines is 1. The molecule has 1 aliphatic heterocycles. The van der Waals surface area contributed by atoms with Crippen LogP contribution in [0.1, 0.15) is 33.6 Å². The molecule has 8 heteroatoms. The van der Waals surface area contributed by atoms with Crippen molar-refractivity contribution in [3.05, 3.63) is 11.2 Å². The third-order valence-corrected chi connectivity index (χ3v) is 4.12. The van der Waals surface area contributed by atoms with E-state index in [0.717, 1.165) is 19.4 Å². The molecule has 0 aliphatic carbocycles. The number of likely N-dealkylation sites (tertiary alicyclic amines) is 1. The number of amides is 1. The van der Waals surface area contributed by atoms with Crippen LogP contribution in [0.5, 0.6) is 0 Å². The Balaban J connectivity index is 1.96. The summed E-state index contributed by atoms with van der Waals surface area (Å²) in [7, 11) is 0. The lowest BCUT2D eigenvalue weighted by Gasteiger charge is -2.28. The summed E-state index contributed by atoms with van der Waals surface area (Å²) >= 11 is 7.42. The highest BCUT2D eigenvalue weighted by Crippen LogP contribution is 2.22. The van der Waals surface area contributed by atoms with Gasteiger partial charge in [0.05, 0.1) is 6.04 Å². The third-order valence-electron chi connectivity index (χ3n) is 3.38. The average molecular weight is 359 g/mol. The molecule has 0 aromatic carbocycles. The molecule has 1 aliphatic rings. The lowest BCUT2D eigenvalue weighted by atomic mass is 10.2. The van der Waals surface area contributed by atoms with E-state index in [1.54, 1.807) is 11.0 Å². The Kier molecular flexibility index (Phi) is 5.97. The normalized spacial score (nSPS) is 18.1. The first-order valence-electron chi connectivity index (χ1n) is 7.60. The predicted molar refractivity (Wildman–Crippen MR) is 93.3 cm³/mol. The maximum absolute atomic E-state index is 12.3. The van der Waals surface area contributed by atoms with E-state index in [1.807, 2.05) is 27.0 Å². The standard InChI is InChI=1S/C15H23ClN4O2S/c1-15(2,3)22-14(21)20-7-5-6-10(20)9-17-12-8-11(16)18-13(19-12)23-4/h8,10H,5-7,9H2,1-4H3,(H,17,18,19)/t10-/m0/s1. The molecule has 2 heterocycles. The Morgan fingerprint density at radius 1 is 1.52 bits per heavy atom. The van der Waals surface area contributed by atoms with E-state index < -0.39 is 5.60 Å². The molecule has 1 aromatic heterocycles. The van der Waals surface area contributed by atoms with Gasteiger partial charge in [0.1, 0.15) is 16.6 Å². The van der Waals surface area contributed by atoms with Crippen LogP contribution in [0.2, 0.25) is 5.15 Å². The minimum atomic E-state index is -0.481. The van der Waals surface area contributed by atoms with Gasteiger partial charge in [-0.15, -0.1) is 0 Å². The molecule has 1 amide bonds. The lowest BCUT2D eigenvalue weighted by Crippen LogP contribution is -2.42. The zero-order valence-corrected chi connectivity index (χ0v) is 15.5. The Bertz CT molecular complexity index is 565. The summed E-state index contributed by atoms with van der Waals surface area (Å²) in [4.78, 5) is 22.5. The number of halogens is 1. The molecule has 2 rings (SSSR count). The van der Waals surface area contributed by atoms with Gasteiger partial charge in [-0.1, -0.05) is 23.4 Å². The monoisotopic (exact) mass is 358 g/mol. The molecule has 1 N–H and O–H groups in total. The van der Waals surface area contributed by atoms with E-state index in [0.29, 0.717) is 22.7 Å². The number of nitrogens with one attached hydrogen (secondary N) is 1. The zero-order valence-electron chi connectivity index (χ0n) is 13.9. The molecule has 23 heavy (non-hydrogen) atoms. The van der Waals surface area contributed by atoms with Crippen LogP contribution in [0, 0.1) is 0 Å². The van der Waals surface area contributed by atoms with E-state index in [4.69, 9.17) is 16.3 Å². The van der Waals surface area contributed by atoms with Gasteiger partial charge in [-0.05, 0) is 39.9 Å². The smallest absolute Gasteiger partial charge is 0.410 e. The molecule has 0 radical (unpaired) electrons. The van der Waals surface area contributed by atoms with Gasteiger partial charge in [0.25, 0.3) is 0 Å². The van der Waals surface area contributed by atoms with Gasteiger partial charge in [0.15, 0.2) is 5.16 Å². The number of ether oxygens (including phenoxy) is 1. The Morgan fingerprint density at radius 2 is 2.26 bits per heavy atom. The van der Waals surface area contributed by atoms with Crippen molar-refractivity contribution in [2.24, 2.45) is 0 Å². The van der Waals surface area contributed by atoms with Gasteiger partial charge >= 0.3 is 6.09 Å². The van der Waals surface area contributed by atoms with Crippen molar-refractivity contribution in [3.8, 4) is 0 Å². The molecule has 0 unspecified atom stereocenters. The highest BCUT2D eigenvalue weighted by Gasteiger charge is 2.32. The van der Waals surface area contributed by atoms with Crippen molar-refractivity contribution in [2.45, 2.75) is 50.4 Å². The molecule has 1 atom stereocenters. The van der Waals surface area contributed by atoms with Crippen LogP contribution >= 0.6 is 23.4 Å². The number of rotatable bonds is 4. The molecule has 1 saturated heterocycles. The van der Waals surface area contributed by atoms with E-state index in [2.05, 4.69) is 15.3 Å². The lowest BCUT2D eigenvalue weighted by molar-refractivity contribution is 0.0235. The molecule has 128 valence electrons. The minimum absolute atomic E-state index is 0.0938. The molecule has 6 nitrogen and oxygen atoms in total. The van der Waals surface area contributed by atoms with Crippen molar-refractivity contribution in [1.82, 2.24) is 14.9 Å². The maximum Gasteiger partial charge on any atom is 0.410 e. The summed E-state index contributed by atoms with van der Waals surface area (Å²) in [6.07, 6.45) is 3.57. The number of carbonyl (C=O) groups excluding carboxylic acids is 1. The van der Waals surface area contributed by atoms with E-state index in [-0.39, 0.29) is 12.1 Å². The summed E-state index contributed by atoms with van der Waals surface area (Å²) in [6, 6.07) is 1.78. The van der Waals surface area contributed by atoms with E-state index >= 15 is 0 Å². The fraction of sp³-hybridized carbons (Fsp3) is 0.667. The van der Waals surface area contributed by atoms with Crippen LogP contribution in [-0.4, -0.2) is 51.9 Å². The van der Waals surface area contributed by atoms with Crippen molar-refractivity contribution in [1.29, 1.82) is 0 Å². The Hall–Kier alpha value is -1.21. The largest absolute Gasteiger partial charge is 0.444 e. The predicted octanol–water partition coefficient (Wildman–Crippen LogP) is 3.66. The highest BCUT2D eigenvalue weighted by atomic mass is 35.5. The first-order chi connectivity index (χ1) is 10.8. The van der Waals surface area contributed by atoms with Gasteiger partial charge < -0.3 is 15.0 Å². The summed E-state index contributed by atoms with van der Waals surface area (Å²) < 4.78 is 5.47. The number of hydrogen-bond acceptors (Lipinski definition) is 6. The van der Waals surface area contributed by atoms with E-state index in [1.165, 1.54) is 11.8 Å². The van der Waals surface area contributed by atoms with E-state index in [9.17, 15) is 4.79 Å². The summed E-state index contributed by atoms with van der Waals surface area (Å²) in [5, 5.41) is 4.28. The third kappa shape index (κ3) is 5.42. The number of nitrogens with zero attached hydrogens (tertiary/aromatic N) is 3. The summed E-state index contributed by atoms with van der Waals surface area (Å²) in [5.74, 6) is 0.672. The van der Waals surface area contributed by atoms with Crippen LogP contribution in [0.3, 0.4) is 0 Å².